The van der Waals surface area contributed by atoms with E-state index in [4.69, 9.17) is 0 Å². The Bertz CT molecular complexity index is 385. The largest absolute Gasteiger partial charge is 0.347 e. The topological polar surface area (TPSA) is 74.8 Å². The van der Waals surface area contributed by atoms with E-state index in [1.54, 1.807) is 12.5 Å². The van der Waals surface area contributed by atoms with Gasteiger partial charge in [-0.1, -0.05) is 0 Å². The van der Waals surface area contributed by atoms with E-state index >= 15 is 0 Å². The van der Waals surface area contributed by atoms with E-state index in [9.17, 15) is 8.42 Å². The molecule has 0 aliphatic carbocycles. The molecule has 0 saturated carbocycles. The van der Waals surface area contributed by atoms with Crippen molar-refractivity contribution in [3.8, 4) is 0 Å². The number of sulfone groups is 1. The summed E-state index contributed by atoms with van der Waals surface area (Å²) in [5.41, 5.74) is 0.981. The van der Waals surface area contributed by atoms with Crippen LogP contribution < -0.4 is 5.32 Å². The third-order valence-electron chi connectivity index (χ3n) is 2.37. The van der Waals surface area contributed by atoms with E-state index < -0.39 is 9.84 Å². The first-order valence-electron chi connectivity index (χ1n) is 4.57. The Morgan fingerprint density at radius 3 is 3.07 bits per heavy atom. The highest BCUT2D eigenvalue weighted by Gasteiger charge is 2.27. The monoisotopic (exact) mass is 215 g/mol. The molecule has 78 valence electrons. The first-order chi connectivity index (χ1) is 6.66. The molecule has 1 aromatic rings. The minimum atomic E-state index is -2.77. The third-order valence-corrected chi connectivity index (χ3v) is 4.14. The molecule has 0 radical (unpaired) electrons. The Balaban J connectivity index is 1.83. The summed E-state index contributed by atoms with van der Waals surface area (Å²) < 4.78 is 22.3. The maximum Gasteiger partial charge on any atom is 0.151 e. The van der Waals surface area contributed by atoms with Crippen molar-refractivity contribution in [1.82, 2.24) is 15.3 Å². The molecule has 2 heterocycles. The van der Waals surface area contributed by atoms with E-state index in [-0.39, 0.29) is 11.8 Å². The van der Waals surface area contributed by atoms with Crippen molar-refractivity contribution in [3.63, 3.8) is 0 Å². The van der Waals surface area contributed by atoms with Gasteiger partial charge in [-0.3, -0.25) is 0 Å². The van der Waals surface area contributed by atoms with Gasteiger partial charge >= 0.3 is 0 Å². The lowest BCUT2D eigenvalue weighted by molar-refractivity contribution is 0.549. The fraction of sp³-hybridized carbons (Fsp3) is 0.625. The lowest BCUT2D eigenvalue weighted by Gasteiger charge is -2.08. The third kappa shape index (κ3) is 2.33. The maximum atomic E-state index is 11.1. The molecule has 0 spiro atoms. The molecule has 6 heteroatoms. The van der Waals surface area contributed by atoms with Crippen molar-refractivity contribution in [3.05, 3.63) is 18.2 Å². The zero-order chi connectivity index (χ0) is 10.0. The Labute approximate surface area is 82.9 Å². The van der Waals surface area contributed by atoms with E-state index in [1.165, 1.54) is 0 Å². The van der Waals surface area contributed by atoms with Crippen LogP contribution in [-0.2, 0) is 16.4 Å². The summed E-state index contributed by atoms with van der Waals surface area (Å²) in [4.78, 5) is 6.84. The van der Waals surface area contributed by atoms with E-state index in [1.807, 2.05) is 0 Å². The second kappa shape index (κ2) is 3.70. The average molecular weight is 215 g/mol. The van der Waals surface area contributed by atoms with Gasteiger partial charge in [-0.05, 0) is 6.42 Å². The first kappa shape index (κ1) is 9.67. The van der Waals surface area contributed by atoms with Crippen LogP contribution in [0.1, 0.15) is 12.1 Å². The van der Waals surface area contributed by atoms with Crippen LogP contribution in [0.2, 0.25) is 0 Å². The van der Waals surface area contributed by atoms with Crippen LogP contribution in [0.25, 0.3) is 0 Å². The van der Waals surface area contributed by atoms with Crippen LogP contribution in [0, 0.1) is 0 Å². The Morgan fingerprint density at radius 1 is 1.64 bits per heavy atom. The lowest BCUT2D eigenvalue weighted by Crippen LogP contribution is -2.29. The van der Waals surface area contributed by atoms with Gasteiger partial charge in [0.1, 0.15) is 0 Å². The van der Waals surface area contributed by atoms with Gasteiger partial charge in [0.15, 0.2) is 9.84 Å². The van der Waals surface area contributed by atoms with Gasteiger partial charge < -0.3 is 10.3 Å². The van der Waals surface area contributed by atoms with Gasteiger partial charge in [0.25, 0.3) is 0 Å². The standard InChI is InChI=1S/C8H13N3O2S/c12-14(13)2-1-7(5-14)10-4-8-3-9-6-11-8/h3,6-7,10H,1-2,4-5H2,(H,9,11). The van der Waals surface area contributed by atoms with Crippen molar-refractivity contribution in [2.75, 3.05) is 11.5 Å². The minimum absolute atomic E-state index is 0.100. The lowest BCUT2D eigenvalue weighted by atomic mass is 10.2. The minimum Gasteiger partial charge on any atom is -0.347 e. The summed E-state index contributed by atoms with van der Waals surface area (Å²) >= 11 is 0. The highest BCUT2D eigenvalue weighted by Crippen LogP contribution is 2.11. The van der Waals surface area contributed by atoms with Crippen LogP contribution >= 0.6 is 0 Å². The van der Waals surface area contributed by atoms with Crippen molar-refractivity contribution in [2.24, 2.45) is 0 Å². The highest BCUT2D eigenvalue weighted by molar-refractivity contribution is 7.91. The van der Waals surface area contributed by atoms with Gasteiger partial charge in [-0.2, -0.15) is 0 Å². The number of rotatable bonds is 3. The normalized spacial score (nSPS) is 25.3. The number of nitrogens with one attached hydrogen (secondary N) is 2. The molecule has 0 amide bonds. The predicted octanol–water partition coefficient (Wildman–Crippen LogP) is -0.314. The van der Waals surface area contributed by atoms with Crippen molar-refractivity contribution in [1.29, 1.82) is 0 Å². The Morgan fingerprint density at radius 2 is 2.50 bits per heavy atom. The van der Waals surface area contributed by atoms with Crippen LogP contribution in [0.4, 0.5) is 0 Å². The van der Waals surface area contributed by atoms with Crippen molar-refractivity contribution >= 4 is 9.84 Å². The summed E-state index contributed by atoms with van der Waals surface area (Å²) in [6.45, 7) is 0.653. The van der Waals surface area contributed by atoms with Crippen molar-refractivity contribution in [2.45, 2.75) is 19.0 Å². The fourth-order valence-electron chi connectivity index (χ4n) is 1.59. The molecule has 1 fully saturated rings. The van der Waals surface area contributed by atoms with Crippen LogP contribution in [0.15, 0.2) is 12.5 Å². The quantitative estimate of drug-likeness (QED) is 0.725. The number of nitrogens with zero attached hydrogens (tertiary/aromatic N) is 1. The molecule has 1 unspecified atom stereocenters. The van der Waals surface area contributed by atoms with Gasteiger partial charge in [0, 0.05) is 24.5 Å². The van der Waals surface area contributed by atoms with Crippen LogP contribution in [0.5, 0.6) is 0 Å². The molecule has 14 heavy (non-hydrogen) atoms. The molecule has 1 aliphatic rings. The van der Waals surface area contributed by atoms with E-state index in [0.29, 0.717) is 12.3 Å². The highest BCUT2D eigenvalue weighted by atomic mass is 32.2. The number of H-pyrrole nitrogens is 1. The number of aromatic nitrogens is 2. The zero-order valence-electron chi connectivity index (χ0n) is 7.73. The predicted molar refractivity (Wildman–Crippen MR) is 52.5 cm³/mol. The smallest absolute Gasteiger partial charge is 0.151 e. The molecule has 1 aromatic heterocycles. The number of hydrogen-bond donors (Lipinski definition) is 2. The molecular formula is C8H13N3O2S. The van der Waals surface area contributed by atoms with Crippen LogP contribution in [0.3, 0.4) is 0 Å². The second-order valence-corrected chi connectivity index (χ2v) is 5.79. The first-order valence-corrected chi connectivity index (χ1v) is 6.39. The van der Waals surface area contributed by atoms with E-state index in [0.717, 1.165) is 12.1 Å². The molecular weight excluding hydrogens is 202 g/mol. The molecule has 1 atom stereocenters. The van der Waals surface area contributed by atoms with Gasteiger partial charge in [-0.25, -0.2) is 13.4 Å². The molecule has 0 aromatic carbocycles. The maximum absolute atomic E-state index is 11.1. The molecule has 1 saturated heterocycles. The molecule has 2 rings (SSSR count). The fourth-order valence-corrected chi connectivity index (χ4v) is 3.30. The zero-order valence-corrected chi connectivity index (χ0v) is 8.55. The second-order valence-electron chi connectivity index (χ2n) is 3.56. The SMILES string of the molecule is O=S1(=O)CCC(NCc2cnc[nH]2)C1. The van der Waals surface area contributed by atoms with Gasteiger partial charge in [-0.15, -0.1) is 0 Å². The molecule has 2 N–H and O–H groups in total. The summed E-state index contributed by atoms with van der Waals surface area (Å²) in [5.74, 6) is 0.578. The van der Waals surface area contributed by atoms with Crippen molar-refractivity contribution < 1.29 is 8.42 Å². The average Bonchev–Trinajstić information content (AvgIpc) is 2.70. The molecule has 0 bridgehead atoms. The number of hydrogen-bond acceptors (Lipinski definition) is 4. The molecule has 1 aliphatic heterocycles. The van der Waals surface area contributed by atoms with Crippen LogP contribution in [-0.4, -0.2) is 35.9 Å². The number of imidazole rings is 1. The summed E-state index contributed by atoms with van der Waals surface area (Å²) in [5, 5.41) is 3.19. The summed E-state index contributed by atoms with van der Waals surface area (Å²) in [6.07, 6.45) is 4.06. The van der Waals surface area contributed by atoms with E-state index in [2.05, 4.69) is 15.3 Å². The van der Waals surface area contributed by atoms with Gasteiger partial charge in [0.2, 0.25) is 0 Å². The molecule has 5 nitrogen and oxygen atoms in total. The number of aromatic amines is 1. The summed E-state index contributed by atoms with van der Waals surface area (Å²) in [7, 11) is -2.77. The summed E-state index contributed by atoms with van der Waals surface area (Å²) in [6, 6.07) is 0.100. The Kier molecular flexibility index (Phi) is 2.56. The van der Waals surface area contributed by atoms with Gasteiger partial charge in [0.05, 0.1) is 17.8 Å². The Hall–Kier alpha value is -0.880.